The lowest BCUT2D eigenvalue weighted by Crippen LogP contribution is -2.06. The van der Waals surface area contributed by atoms with Crippen LogP contribution < -0.4 is 0 Å². The number of allylic oxidation sites excluding steroid dienone is 4. The lowest BCUT2D eigenvalue weighted by molar-refractivity contribution is -0.111. The molecule has 0 saturated heterocycles. The van der Waals surface area contributed by atoms with E-state index in [-0.39, 0.29) is 5.92 Å². The molecule has 0 spiro atoms. The molecule has 0 aromatic rings. The second kappa shape index (κ2) is 5.79. The average molecular weight is 192 g/mol. The topological polar surface area (TPSA) is 17.1 Å². The molecule has 0 amide bonds. The number of rotatable bonds is 4. The number of carbonyl (C=O) groups excluding carboxylic acids is 1. The van der Waals surface area contributed by atoms with Crippen molar-refractivity contribution in [2.45, 2.75) is 39.5 Å². The molecule has 78 valence electrons. The quantitative estimate of drug-likeness (QED) is 0.492. The van der Waals surface area contributed by atoms with Crippen LogP contribution in [0.15, 0.2) is 23.8 Å². The minimum atomic E-state index is 0.285. The van der Waals surface area contributed by atoms with Crippen molar-refractivity contribution in [2.75, 3.05) is 0 Å². The Morgan fingerprint density at radius 2 is 2.36 bits per heavy atom. The third-order valence-corrected chi connectivity index (χ3v) is 2.64. The van der Waals surface area contributed by atoms with E-state index in [9.17, 15) is 4.79 Å². The molecule has 1 nitrogen and oxygen atoms in total. The Hall–Kier alpha value is -0.850. The second-order valence-electron chi connectivity index (χ2n) is 4.41. The van der Waals surface area contributed by atoms with Crippen molar-refractivity contribution in [3.8, 4) is 0 Å². The van der Waals surface area contributed by atoms with Crippen LogP contribution in [0.25, 0.3) is 0 Å². The van der Waals surface area contributed by atoms with Crippen molar-refractivity contribution in [1.29, 1.82) is 0 Å². The van der Waals surface area contributed by atoms with Gasteiger partial charge in [0.15, 0.2) is 0 Å². The van der Waals surface area contributed by atoms with Crippen molar-refractivity contribution >= 4 is 6.29 Å². The molecule has 0 heterocycles. The maximum absolute atomic E-state index is 10.5. The first-order valence-electron chi connectivity index (χ1n) is 5.52. The van der Waals surface area contributed by atoms with E-state index in [1.807, 2.05) is 0 Å². The molecule has 0 radical (unpaired) electrons. The molecule has 1 unspecified atom stereocenters. The number of hydrogen-bond donors (Lipinski definition) is 0. The molecule has 1 rings (SSSR count). The van der Waals surface area contributed by atoms with Crippen LogP contribution in [0, 0.1) is 11.8 Å². The normalized spacial score (nSPS) is 22.8. The standard InChI is InChI=1S/C13H20O/c1-11(2)4-3-5-12-6-8-13(10-14)9-7-12/h3-4,6,10-11,13H,5,7-9H2,1-2H3. The highest BCUT2D eigenvalue weighted by atomic mass is 16.1. The van der Waals surface area contributed by atoms with Crippen molar-refractivity contribution in [1.82, 2.24) is 0 Å². The molecule has 14 heavy (non-hydrogen) atoms. The van der Waals surface area contributed by atoms with Crippen molar-refractivity contribution in [3.63, 3.8) is 0 Å². The molecule has 1 heteroatoms. The Morgan fingerprint density at radius 3 is 2.86 bits per heavy atom. The fraction of sp³-hybridized carbons (Fsp3) is 0.615. The molecule has 0 saturated carbocycles. The molecule has 1 aliphatic carbocycles. The third kappa shape index (κ3) is 3.91. The van der Waals surface area contributed by atoms with Gasteiger partial charge in [-0.2, -0.15) is 0 Å². The summed E-state index contributed by atoms with van der Waals surface area (Å²) in [6.07, 6.45) is 12.0. The van der Waals surface area contributed by atoms with Crippen molar-refractivity contribution in [2.24, 2.45) is 11.8 Å². The van der Waals surface area contributed by atoms with E-state index in [1.165, 1.54) is 5.57 Å². The smallest absolute Gasteiger partial charge is 0.123 e. The Morgan fingerprint density at radius 1 is 1.57 bits per heavy atom. The highest BCUT2D eigenvalue weighted by Gasteiger charge is 2.11. The number of carbonyl (C=O) groups is 1. The number of hydrogen-bond acceptors (Lipinski definition) is 1. The fourth-order valence-corrected chi connectivity index (χ4v) is 1.71. The lowest BCUT2D eigenvalue weighted by atomic mass is 9.89. The largest absolute Gasteiger partial charge is 0.303 e. The van der Waals surface area contributed by atoms with E-state index in [2.05, 4.69) is 32.1 Å². The highest BCUT2D eigenvalue weighted by Crippen LogP contribution is 2.24. The highest BCUT2D eigenvalue weighted by molar-refractivity contribution is 5.54. The van der Waals surface area contributed by atoms with Gasteiger partial charge in [-0.1, -0.05) is 37.6 Å². The maximum atomic E-state index is 10.5. The van der Waals surface area contributed by atoms with E-state index in [4.69, 9.17) is 0 Å². The van der Waals surface area contributed by atoms with E-state index >= 15 is 0 Å². The fourth-order valence-electron chi connectivity index (χ4n) is 1.71. The van der Waals surface area contributed by atoms with Gasteiger partial charge in [0.05, 0.1) is 0 Å². The zero-order valence-electron chi connectivity index (χ0n) is 9.20. The maximum Gasteiger partial charge on any atom is 0.123 e. The van der Waals surface area contributed by atoms with Gasteiger partial charge in [0, 0.05) is 5.92 Å². The Kier molecular flexibility index (Phi) is 4.64. The Labute approximate surface area is 86.9 Å². The molecular formula is C13H20O. The summed E-state index contributed by atoms with van der Waals surface area (Å²) in [6, 6.07) is 0. The zero-order chi connectivity index (χ0) is 10.4. The van der Waals surface area contributed by atoms with Crippen molar-refractivity contribution < 1.29 is 4.79 Å². The zero-order valence-corrected chi connectivity index (χ0v) is 9.20. The predicted molar refractivity (Wildman–Crippen MR) is 60.1 cm³/mol. The molecular weight excluding hydrogens is 172 g/mol. The van der Waals surface area contributed by atoms with Crippen molar-refractivity contribution in [3.05, 3.63) is 23.8 Å². The Balaban J connectivity index is 2.33. The van der Waals surface area contributed by atoms with Crippen LogP contribution in [0.2, 0.25) is 0 Å². The molecule has 0 aromatic carbocycles. The van der Waals surface area contributed by atoms with Crippen LogP contribution >= 0.6 is 0 Å². The first-order chi connectivity index (χ1) is 6.72. The summed E-state index contributed by atoms with van der Waals surface area (Å²) >= 11 is 0. The van der Waals surface area contributed by atoms with Gasteiger partial charge in [-0.25, -0.2) is 0 Å². The lowest BCUT2D eigenvalue weighted by Gasteiger charge is -2.16. The van der Waals surface area contributed by atoms with Gasteiger partial charge >= 0.3 is 0 Å². The summed E-state index contributed by atoms with van der Waals surface area (Å²) in [4.78, 5) is 10.5. The third-order valence-electron chi connectivity index (χ3n) is 2.64. The SMILES string of the molecule is CC(C)C=CCC1=CCC(C=O)CC1. The summed E-state index contributed by atoms with van der Waals surface area (Å²) in [5, 5.41) is 0. The summed E-state index contributed by atoms with van der Waals surface area (Å²) in [5.41, 5.74) is 1.50. The average Bonchev–Trinajstić information content (AvgIpc) is 2.18. The summed E-state index contributed by atoms with van der Waals surface area (Å²) < 4.78 is 0. The van der Waals surface area contributed by atoms with Gasteiger partial charge in [-0.05, 0) is 31.6 Å². The minimum absolute atomic E-state index is 0.285. The van der Waals surface area contributed by atoms with E-state index in [0.717, 1.165) is 32.0 Å². The molecule has 0 aromatic heterocycles. The second-order valence-corrected chi connectivity index (χ2v) is 4.41. The van der Waals surface area contributed by atoms with E-state index in [1.54, 1.807) is 0 Å². The van der Waals surface area contributed by atoms with Gasteiger partial charge in [0.2, 0.25) is 0 Å². The molecule has 0 bridgehead atoms. The monoisotopic (exact) mass is 192 g/mol. The minimum Gasteiger partial charge on any atom is -0.303 e. The molecule has 0 aliphatic heterocycles. The predicted octanol–water partition coefficient (Wildman–Crippen LogP) is 3.51. The van der Waals surface area contributed by atoms with Crippen LogP contribution in [0.1, 0.15) is 39.5 Å². The van der Waals surface area contributed by atoms with Gasteiger partial charge in [-0.15, -0.1) is 0 Å². The van der Waals surface area contributed by atoms with Gasteiger partial charge in [0.25, 0.3) is 0 Å². The van der Waals surface area contributed by atoms with Gasteiger partial charge in [0.1, 0.15) is 6.29 Å². The molecule has 0 fully saturated rings. The molecule has 1 atom stereocenters. The first kappa shape index (κ1) is 11.2. The van der Waals surface area contributed by atoms with E-state index < -0.39 is 0 Å². The van der Waals surface area contributed by atoms with Gasteiger partial charge < -0.3 is 4.79 Å². The molecule has 1 aliphatic rings. The first-order valence-corrected chi connectivity index (χ1v) is 5.52. The van der Waals surface area contributed by atoms with Crippen LogP contribution in [0.4, 0.5) is 0 Å². The molecule has 0 N–H and O–H groups in total. The van der Waals surface area contributed by atoms with Crippen LogP contribution in [-0.2, 0) is 4.79 Å². The summed E-state index contributed by atoms with van der Waals surface area (Å²) in [5.74, 6) is 0.926. The van der Waals surface area contributed by atoms with Crippen LogP contribution in [0.3, 0.4) is 0 Å². The van der Waals surface area contributed by atoms with Crippen LogP contribution in [0.5, 0.6) is 0 Å². The van der Waals surface area contributed by atoms with Crippen LogP contribution in [-0.4, -0.2) is 6.29 Å². The van der Waals surface area contributed by atoms with Gasteiger partial charge in [-0.3, -0.25) is 0 Å². The van der Waals surface area contributed by atoms with E-state index in [0.29, 0.717) is 5.92 Å². The summed E-state index contributed by atoms with van der Waals surface area (Å²) in [6.45, 7) is 4.38. The Bertz CT molecular complexity index is 236. The number of aldehydes is 1. The summed E-state index contributed by atoms with van der Waals surface area (Å²) in [7, 11) is 0.